The Kier molecular flexibility index (Phi) is 8.72. The van der Waals surface area contributed by atoms with E-state index >= 15 is 0 Å². The SMILES string of the molecule is CCCN(Cc1ccccc1)c1cc(NC(=O)Nc2ccc(C)cc2)cc(-c2ccccc2C(=O)OC)n1. The maximum Gasteiger partial charge on any atom is 0.338 e. The molecule has 2 amide bonds. The van der Waals surface area contributed by atoms with E-state index in [2.05, 4.69) is 34.6 Å². The third kappa shape index (κ3) is 6.76. The number of benzene rings is 3. The maximum absolute atomic E-state index is 12.9. The quantitative estimate of drug-likeness (QED) is 0.240. The number of hydrogen-bond donors (Lipinski definition) is 2. The lowest BCUT2D eigenvalue weighted by Gasteiger charge is -2.25. The summed E-state index contributed by atoms with van der Waals surface area (Å²) in [4.78, 5) is 32.5. The van der Waals surface area contributed by atoms with Crippen LogP contribution in [0.5, 0.6) is 0 Å². The summed E-state index contributed by atoms with van der Waals surface area (Å²) in [6.07, 6.45) is 0.911. The van der Waals surface area contributed by atoms with Gasteiger partial charge in [-0.2, -0.15) is 0 Å². The molecule has 2 N–H and O–H groups in total. The maximum atomic E-state index is 12.9. The number of aromatic nitrogens is 1. The number of anilines is 3. The van der Waals surface area contributed by atoms with Crippen molar-refractivity contribution in [3.63, 3.8) is 0 Å². The van der Waals surface area contributed by atoms with Crippen molar-refractivity contribution in [2.75, 3.05) is 29.2 Å². The van der Waals surface area contributed by atoms with E-state index in [9.17, 15) is 9.59 Å². The molecule has 4 aromatic rings. The van der Waals surface area contributed by atoms with Crippen molar-refractivity contribution in [2.45, 2.75) is 26.8 Å². The zero-order chi connectivity index (χ0) is 26.9. The van der Waals surface area contributed by atoms with Crippen LogP contribution in [0.15, 0.2) is 91.0 Å². The minimum Gasteiger partial charge on any atom is -0.465 e. The summed E-state index contributed by atoms with van der Waals surface area (Å²) >= 11 is 0. The number of nitrogens with one attached hydrogen (secondary N) is 2. The molecule has 0 spiro atoms. The van der Waals surface area contributed by atoms with Gasteiger partial charge in [-0.15, -0.1) is 0 Å². The number of methoxy groups -OCH3 is 1. The lowest BCUT2D eigenvalue weighted by molar-refractivity contribution is 0.0601. The lowest BCUT2D eigenvalue weighted by atomic mass is 10.0. The van der Waals surface area contributed by atoms with Gasteiger partial charge in [0.1, 0.15) is 5.82 Å². The molecule has 1 aromatic heterocycles. The second-order valence-electron chi connectivity index (χ2n) is 8.99. The second kappa shape index (κ2) is 12.5. The fraction of sp³-hybridized carbons (Fsp3) is 0.194. The molecular formula is C31H32N4O3. The third-order valence-corrected chi connectivity index (χ3v) is 6.02. The molecule has 0 aliphatic carbocycles. The molecule has 7 heteroatoms. The van der Waals surface area contributed by atoms with Crippen molar-refractivity contribution in [3.05, 3.63) is 108 Å². The number of amides is 2. The van der Waals surface area contributed by atoms with E-state index in [-0.39, 0.29) is 6.03 Å². The van der Waals surface area contributed by atoms with Gasteiger partial charge in [0, 0.05) is 36.1 Å². The predicted molar refractivity (Wildman–Crippen MR) is 153 cm³/mol. The molecule has 0 radical (unpaired) electrons. The Bertz CT molecular complexity index is 1390. The molecule has 1 heterocycles. The molecule has 0 aliphatic heterocycles. The van der Waals surface area contributed by atoms with Crippen molar-refractivity contribution in [1.29, 1.82) is 0 Å². The van der Waals surface area contributed by atoms with Crippen LogP contribution in [0.2, 0.25) is 0 Å². The Morgan fingerprint density at radius 1 is 0.868 bits per heavy atom. The van der Waals surface area contributed by atoms with Gasteiger partial charge >= 0.3 is 12.0 Å². The first kappa shape index (κ1) is 26.4. The Hall–Kier alpha value is -4.65. The van der Waals surface area contributed by atoms with E-state index in [0.29, 0.717) is 40.6 Å². The summed E-state index contributed by atoms with van der Waals surface area (Å²) < 4.78 is 5.01. The molecule has 194 valence electrons. The Balaban J connectivity index is 1.73. The number of carbonyl (C=O) groups excluding carboxylic acids is 2. The van der Waals surface area contributed by atoms with Crippen molar-refractivity contribution in [1.82, 2.24) is 4.98 Å². The van der Waals surface area contributed by atoms with Crippen LogP contribution in [0.3, 0.4) is 0 Å². The van der Waals surface area contributed by atoms with Gasteiger partial charge in [-0.3, -0.25) is 0 Å². The molecule has 4 rings (SSSR count). The average molecular weight is 509 g/mol. The summed E-state index contributed by atoms with van der Waals surface area (Å²) in [5, 5.41) is 5.82. The van der Waals surface area contributed by atoms with E-state index in [1.54, 1.807) is 18.2 Å². The lowest BCUT2D eigenvalue weighted by Crippen LogP contribution is -2.25. The normalized spacial score (nSPS) is 10.5. The van der Waals surface area contributed by atoms with Crippen LogP contribution in [0.1, 0.15) is 34.8 Å². The topological polar surface area (TPSA) is 83.6 Å². The van der Waals surface area contributed by atoms with E-state index < -0.39 is 5.97 Å². The molecule has 0 unspecified atom stereocenters. The molecule has 3 aromatic carbocycles. The molecule has 7 nitrogen and oxygen atoms in total. The fourth-order valence-corrected chi connectivity index (χ4v) is 4.16. The highest BCUT2D eigenvalue weighted by Crippen LogP contribution is 2.30. The zero-order valence-corrected chi connectivity index (χ0v) is 21.9. The summed E-state index contributed by atoms with van der Waals surface area (Å²) in [6.45, 7) is 5.52. The van der Waals surface area contributed by atoms with Crippen LogP contribution < -0.4 is 15.5 Å². The predicted octanol–water partition coefficient (Wildman–Crippen LogP) is 6.90. The van der Waals surface area contributed by atoms with E-state index in [0.717, 1.165) is 24.1 Å². The molecular weight excluding hydrogens is 476 g/mol. The monoisotopic (exact) mass is 508 g/mol. The molecule has 38 heavy (non-hydrogen) atoms. The Morgan fingerprint density at radius 2 is 1.55 bits per heavy atom. The first-order chi connectivity index (χ1) is 18.5. The van der Waals surface area contributed by atoms with Crippen LogP contribution in [0.25, 0.3) is 11.3 Å². The highest BCUT2D eigenvalue weighted by molar-refractivity contribution is 6.01. The third-order valence-electron chi connectivity index (χ3n) is 6.02. The van der Waals surface area contributed by atoms with E-state index in [1.165, 1.54) is 7.11 Å². The van der Waals surface area contributed by atoms with Crippen molar-refractivity contribution in [3.8, 4) is 11.3 Å². The standard InChI is InChI=1S/C31H32N4O3/c1-4-18-35(21-23-10-6-5-7-11-23)29-20-25(33-31(37)32-24-16-14-22(2)15-17-24)19-28(34-29)26-12-8-9-13-27(26)30(36)38-3/h5-17,19-20H,4,18,21H2,1-3H3,(H2,32,33,34,37). The molecule has 0 saturated carbocycles. The Labute approximate surface area is 223 Å². The largest absolute Gasteiger partial charge is 0.465 e. The van der Waals surface area contributed by atoms with Crippen LogP contribution in [-0.4, -0.2) is 30.6 Å². The molecule has 0 atom stereocenters. The van der Waals surface area contributed by atoms with E-state index in [4.69, 9.17) is 9.72 Å². The highest BCUT2D eigenvalue weighted by atomic mass is 16.5. The minimum atomic E-state index is -0.450. The van der Waals surface area contributed by atoms with Gasteiger partial charge in [0.2, 0.25) is 0 Å². The van der Waals surface area contributed by atoms with Gasteiger partial charge in [0.25, 0.3) is 0 Å². The van der Waals surface area contributed by atoms with Crippen LogP contribution >= 0.6 is 0 Å². The number of nitrogens with zero attached hydrogens (tertiary/aromatic N) is 2. The first-order valence-electron chi connectivity index (χ1n) is 12.6. The molecule has 0 aliphatic rings. The van der Waals surface area contributed by atoms with E-state index in [1.807, 2.05) is 67.6 Å². The number of rotatable bonds is 9. The van der Waals surface area contributed by atoms with Gasteiger partial charge in [0.15, 0.2) is 0 Å². The molecule has 0 fully saturated rings. The number of pyridine rings is 1. The molecule has 0 saturated heterocycles. The number of urea groups is 1. The number of carbonyl (C=O) groups is 2. The summed E-state index contributed by atoms with van der Waals surface area (Å²) in [5.74, 6) is 0.243. The van der Waals surface area contributed by atoms with Crippen molar-refractivity contribution >= 4 is 29.2 Å². The number of ether oxygens (including phenoxy) is 1. The first-order valence-corrected chi connectivity index (χ1v) is 12.6. The number of hydrogen-bond acceptors (Lipinski definition) is 5. The number of esters is 1. The summed E-state index contributed by atoms with van der Waals surface area (Å²) in [7, 11) is 1.36. The van der Waals surface area contributed by atoms with Gasteiger partial charge in [-0.25, -0.2) is 14.6 Å². The molecule has 0 bridgehead atoms. The smallest absolute Gasteiger partial charge is 0.338 e. The van der Waals surface area contributed by atoms with Gasteiger partial charge in [-0.1, -0.05) is 73.2 Å². The van der Waals surface area contributed by atoms with Crippen molar-refractivity contribution < 1.29 is 14.3 Å². The van der Waals surface area contributed by atoms with Crippen molar-refractivity contribution in [2.24, 2.45) is 0 Å². The summed E-state index contributed by atoms with van der Waals surface area (Å²) in [5.41, 5.74) is 5.09. The zero-order valence-electron chi connectivity index (χ0n) is 21.9. The second-order valence-corrected chi connectivity index (χ2v) is 8.99. The van der Waals surface area contributed by atoms with Crippen LogP contribution in [0, 0.1) is 6.92 Å². The van der Waals surface area contributed by atoms with Gasteiger partial charge in [-0.05, 0) is 43.2 Å². The van der Waals surface area contributed by atoms with Gasteiger partial charge in [0.05, 0.1) is 18.4 Å². The van der Waals surface area contributed by atoms with Gasteiger partial charge < -0.3 is 20.3 Å². The Morgan fingerprint density at radius 3 is 2.26 bits per heavy atom. The van der Waals surface area contributed by atoms with Crippen LogP contribution in [0.4, 0.5) is 22.0 Å². The van der Waals surface area contributed by atoms with Crippen LogP contribution in [-0.2, 0) is 11.3 Å². The fourth-order valence-electron chi connectivity index (χ4n) is 4.16. The minimum absolute atomic E-state index is 0.372. The highest BCUT2D eigenvalue weighted by Gasteiger charge is 2.18. The number of aryl methyl sites for hydroxylation is 1. The average Bonchev–Trinajstić information content (AvgIpc) is 2.94. The summed E-state index contributed by atoms with van der Waals surface area (Å²) in [6, 6.07) is 28.2.